The second kappa shape index (κ2) is 7.55. The number of carbonyl (C=O) groups excluding carboxylic acids is 1. The van der Waals surface area contributed by atoms with E-state index in [1.165, 1.54) is 12.1 Å². The van der Waals surface area contributed by atoms with Crippen molar-refractivity contribution in [2.24, 2.45) is 0 Å². The third kappa shape index (κ3) is 4.39. The Kier molecular flexibility index (Phi) is 5.46. The molecule has 0 saturated carbocycles. The molecule has 0 atom stereocenters. The van der Waals surface area contributed by atoms with Gasteiger partial charge in [0.1, 0.15) is 5.82 Å². The lowest BCUT2D eigenvalue weighted by atomic mass is 10.1. The van der Waals surface area contributed by atoms with Crippen LogP contribution in [0.4, 0.5) is 4.39 Å². The van der Waals surface area contributed by atoms with Gasteiger partial charge >= 0.3 is 0 Å². The van der Waals surface area contributed by atoms with Gasteiger partial charge in [-0.2, -0.15) is 0 Å². The second-order valence-electron chi connectivity index (χ2n) is 4.62. The topological polar surface area (TPSA) is 38.3 Å². The van der Waals surface area contributed by atoms with Crippen molar-refractivity contribution < 1.29 is 13.9 Å². The smallest absolute Gasteiger partial charge is 0.254 e. The number of amides is 1. The van der Waals surface area contributed by atoms with Crippen LogP contribution in [0.2, 0.25) is 0 Å². The van der Waals surface area contributed by atoms with E-state index < -0.39 is 11.7 Å². The van der Waals surface area contributed by atoms with E-state index in [9.17, 15) is 9.18 Å². The highest BCUT2D eigenvalue weighted by molar-refractivity contribution is 5.94. The van der Waals surface area contributed by atoms with E-state index in [2.05, 4.69) is 5.32 Å². The zero-order chi connectivity index (χ0) is 15.1. The van der Waals surface area contributed by atoms with E-state index in [-0.39, 0.29) is 5.56 Å². The molecule has 4 heteroatoms. The largest absolute Gasteiger partial charge is 0.377 e. The maximum absolute atomic E-state index is 13.5. The van der Waals surface area contributed by atoms with E-state index in [4.69, 9.17) is 4.74 Å². The Balaban J connectivity index is 1.91. The Morgan fingerprint density at radius 3 is 2.43 bits per heavy atom. The average Bonchev–Trinajstić information content (AvgIpc) is 2.52. The van der Waals surface area contributed by atoms with Gasteiger partial charge in [0.05, 0.1) is 12.2 Å². The summed E-state index contributed by atoms with van der Waals surface area (Å²) in [5.41, 5.74) is 2.10. The molecule has 0 aromatic heterocycles. The van der Waals surface area contributed by atoms with Gasteiger partial charge in [0.25, 0.3) is 5.91 Å². The summed E-state index contributed by atoms with van der Waals surface area (Å²) in [4.78, 5) is 11.9. The Morgan fingerprint density at radius 2 is 1.76 bits per heavy atom. The number of rotatable bonds is 6. The number of hydrogen-bond donors (Lipinski definition) is 1. The van der Waals surface area contributed by atoms with Gasteiger partial charge in [-0.25, -0.2) is 4.39 Å². The molecule has 1 amide bonds. The fourth-order valence-corrected chi connectivity index (χ4v) is 1.90. The molecule has 0 radical (unpaired) electrons. The predicted octanol–water partition coefficient (Wildman–Crippen LogP) is 3.29. The first-order chi connectivity index (χ1) is 10.2. The quantitative estimate of drug-likeness (QED) is 0.885. The average molecular weight is 287 g/mol. The minimum atomic E-state index is -0.512. The van der Waals surface area contributed by atoms with Crippen molar-refractivity contribution in [1.82, 2.24) is 5.32 Å². The van der Waals surface area contributed by atoms with Crippen LogP contribution in [0.5, 0.6) is 0 Å². The molecule has 0 aliphatic heterocycles. The Labute approximate surface area is 123 Å². The highest BCUT2D eigenvalue weighted by atomic mass is 19.1. The predicted molar refractivity (Wildman–Crippen MR) is 79.3 cm³/mol. The van der Waals surface area contributed by atoms with Gasteiger partial charge < -0.3 is 10.1 Å². The summed E-state index contributed by atoms with van der Waals surface area (Å²) < 4.78 is 18.8. The molecular formula is C17H18FNO2. The van der Waals surface area contributed by atoms with Gasteiger partial charge in [-0.15, -0.1) is 0 Å². The molecule has 2 aromatic carbocycles. The van der Waals surface area contributed by atoms with Crippen LogP contribution in [-0.2, 0) is 17.9 Å². The zero-order valence-corrected chi connectivity index (χ0v) is 11.9. The minimum absolute atomic E-state index is 0.0606. The summed E-state index contributed by atoms with van der Waals surface area (Å²) in [5.74, 6) is -0.923. The molecule has 0 aliphatic carbocycles. The third-order valence-electron chi connectivity index (χ3n) is 3.07. The molecular weight excluding hydrogens is 269 g/mol. The molecule has 2 aromatic rings. The number of halogens is 1. The molecule has 2 rings (SSSR count). The van der Waals surface area contributed by atoms with E-state index in [1.54, 1.807) is 12.1 Å². The van der Waals surface area contributed by atoms with Crippen molar-refractivity contribution in [2.75, 3.05) is 6.61 Å². The van der Waals surface area contributed by atoms with E-state index in [0.29, 0.717) is 19.8 Å². The highest BCUT2D eigenvalue weighted by Crippen LogP contribution is 2.08. The maximum Gasteiger partial charge on any atom is 0.254 e. The van der Waals surface area contributed by atoms with Crippen LogP contribution < -0.4 is 5.32 Å². The Hall–Kier alpha value is -2.20. The van der Waals surface area contributed by atoms with Gasteiger partial charge in [-0.05, 0) is 30.2 Å². The summed E-state index contributed by atoms with van der Waals surface area (Å²) in [6.45, 7) is 3.58. The van der Waals surface area contributed by atoms with Crippen LogP contribution in [0.1, 0.15) is 28.4 Å². The summed E-state index contributed by atoms with van der Waals surface area (Å²) in [6, 6.07) is 13.7. The van der Waals surface area contributed by atoms with Crippen molar-refractivity contribution in [2.45, 2.75) is 20.1 Å². The number of benzene rings is 2. The fourth-order valence-electron chi connectivity index (χ4n) is 1.90. The summed E-state index contributed by atoms with van der Waals surface area (Å²) in [7, 11) is 0. The molecule has 3 nitrogen and oxygen atoms in total. The molecule has 0 unspecified atom stereocenters. The number of nitrogens with one attached hydrogen (secondary N) is 1. The number of hydrogen-bond acceptors (Lipinski definition) is 2. The van der Waals surface area contributed by atoms with Gasteiger partial charge in [0.15, 0.2) is 0 Å². The van der Waals surface area contributed by atoms with Crippen LogP contribution in [0, 0.1) is 5.82 Å². The number of carbonyl (C=O) groups is 1. The lowest BCUT2D eigenvalue weighted by Gasteiger charge is -2.07. The van der Waals surface area contributed by atoms with E-state index >= 15 is 0 Å². The van der Waals surface area contributed by atoms with Crippen molar-refractivity contribution in [3.05, 3.63) is 71.0 Å². The standard InChI is InChI=1S/C17H18FNO2/c1-2-21-12-14-9-7-13(8-10-14)11-19-17(20)15-5-3-4-6-16(15)18/h3-10H,2,11-12H2,1H3,(H,19,20). The molecule has 0 heterocycles. The fraction of sp³-hybridized carbons (Fsp3) is 0.235. The van der Waals surface area contributed by atoms with Crippen molar-refractivity contribution >= 4 is 5.91 Å². The second-order valence-corrected chi connectivity index (χ2v) is 4.62. The molecule has 110 valence electrons. The molecule has 0 fully saturated rings. The van der Waals surface area contributed by atoms with Crippen LogP contribution in [0.25, 0.3) is 0 Å². The van der Waals surface area contributed by atoms with Crippen molar-refractivity contribution in [1.29, 1.82) is 0 Å². The summed E-state index contributed by atoms with van der Waals surface area (Å²) >= 11 is 0. The highest BCUT2D eigenvalue weighted by Gasteiger charge is 2.09. The van der Waals surface area contributed by atoms with Crippen molar-refractivity contribution in [3.63, 3.8) is 0 Å². The van der Waals surface area contributed by atoms with Crippen LogP contribution in [-0.4, -0.2) is 12.5 Å². The first-order valence-corrected chi connectivity index (χ1v) is 6.89. The molecule has 21 heavy (non-hydrogen) atoms. The Morgan fingerprint density at radius 1 is 1.10 bits per heavy atom. The summed E-state index contributed by atoms with van der Waals surface area (Å²) in [5, 5.41) is 2.71. The first kappa shape index (κ1) is 15.2. The van der Waals surface area contributed by atoms with Crippen LogP contribution in [0.15, 0.2) is 48.5 Å². The van der Waals surface area contributed by atoms with Gasteiger partial charge in [0, 0.05) is 13.2 Å². The zero-order valence-electron chi connectivity index (χ0n) is 11.9. The lowest BCUT2D eigenvalue weighted by Crippen LogP contribution is -2.23. The van der Waals surface area contributed by atoms with Crippen molar-refractivity contribution in [3.8, 4) is 0 Å². The number of ether oxygens (including phenoxy) is 1. The monoisotopic (exact) mass is 287 g/mol. The summed E-state index contributed by atoms with van der Waals surface area (Å²) in [6.07, 6.45) is 0. The SMILES string of the molecule is CCOCc1ccc(CNC(=O)c2ccccc2F)cc1. The third-order valence-corrected chi connectivity index (χ3v) is 3.07. The molecule has 0 aliphatic rings. The van der Waals surface area contributed by atoms with Gasteiger partial charge in [0.2, 0.25) is 0 Å². The lowest BCUT2D eigenvalue weighted by molar-refractivity contribution is 0.0947. The maximum atomic E-state index is 13.5. The Bertz CT molecular complexity index is 596. The van der Waals surface area contributed by atoms with E-state index in [1.807, 2.05) is 31.2 Å². The first-order valence-electron chi connectivity index (χ1n) is 6.89. The van der Waals surface area contributed by atoms with Crippen LogP contribution in [0.3, 0.4) is 0 Å². The molecule has 1 N–H and O–H groups in total. The molecule has 0 bridgehead atoms. The van der Waals surface area contributed by atoms with E-state index in [0.717, 1.165) is 11.1 Å². The minimum Gasteiger partial charge on any atom is -0.377 e. The molecule has 0 spiro atoms. The van der Waals surface area contributed by atoms with Gasteiger partial charge in [-0.1, -0.05) is 36.4 Å². The molecule has 0 saturated heterocycles. The van der Waals surface area contributed by atoms with Crippen LogP contribution >= 0.6 is 0 Å². The normalized spacial score (nSPS) is 10.4. The van der Waals surface area contributed by atoms with Gasteiger partial charge in [-0.3, -0.25) is 4.79 Å².